The second kappa shape index (κ2) is 6.19. The average Bonchev–Trinajstić information content (AvgIpc) is 2.86. The maximum Gasteiger partial charge on any atom is 0.239 e. The van der Waals surface area contributed by atoms with E-state index in [-0.39, 0.29) is 0 Å². The van der Waals surface area contributed by atoms with Gasteiger partial charge in [0.15, 0.2) is 0 Å². The molecular weight excluding hydrogens is 280 g/mol. The van der Waals surface area contributed by atoms with E-state index in [0.29, 0.717) is 11.6 Å². The van der Waals surface area contributed by atoms with Crippen LogP contribution >= 0.6 is 22.9 Å². The van der Waals surface area contributed by atoms with Crippen LogP contribution in [0.25, 0.3) is 0 Å². The zero-order valence-corrected chi connectivity index (χ0v) is 12.1. The fourth-order valence-corrected chi connectivity index (χ4v) is 2.63. The second-order valence-corrected chi connectivity index (χ2v) is 5.74. The summed E-state index contributed by atoms with van der Waals surface area (Å²) in [6.07, 6.45) is 0. The van der Waals surface area contributed by atoms with E-state index in [1.165, 1.54) is 0 Å². The summed E-state index contributed by atoms with van der Waals surface area (Å²) >= 11 is 7.72. The van der Waals surface area contributed by atoms with E-state index in [4.69, 9.17) is 17.3 Å². The first-order chi connectivity index (χ1) is 9.08. The predicted molar refractivity (Wildman–Crippen MR) is 79.3 cm³/mol. The zero-order chi connectivity index (χ0) is 13.8. The number of nitrogens with two attached hydrogens (primary N) is 1. The summed E-state index contributed by atoms with van der Waals surface area (Å²) in [4.78, 5) is 12.7. The molecule has 0 aliphatic carbocycles. The van der Waals surface area contributed by atoms with Crippen LogP contribution < -0.4 is 11.1 Å². The number of nitrogens with one attached hydrogen (secondary N) is 1. The molecule has 0 spiro atoms. The lowest BCUT2D eigenvalue weighted by molar-refractivity contribution is -0.120. The van der Waals surface area contributed by atoms with Crippen LogP contribution in [0.2, 0.25) is 5.02 Å². The highest BCUT2D eigenvalue weighted by molar-refractivity contribution is 7.09. The predicted octanol–water partition coefficient (Wildman–Crippen LogP) is 3.03. The number of thiophene rings is 1. The van der Waals surface area contributed by atoms with E-state index in [2.05, 4.69) is 5.32 Å². The first-order valence-corrected chi connectivity index (χ1v) is 7.15. The van der Waals surface area contributed by atoms with Crippen LogP contribution in [-0.2, 0) is 11.3 Å². The van der Waals surface area contributed by atoms with Gasteiger partial charge in [0.05, 0.1) is 0 Å². The summed E-state index contributed by atoms with van der Waals surface area (Å²) in [6, 6.07) is 9.01. The minimum absolute atomic E-state index is 0.406. The lowest BCUT2D eigenvalue weighted by Crippen LogP contribution is -2.33. The molecule has 5 heteroatoms. The Labute approximate surface area is 121 Å². The maximum absolute atomic E-state index is 11.6. The number of hydrogen-bond donors (Lipinski definition) is 2. The number of halogens is 1. The minimum atomic E-state index is -0.528. The van der Waals surface area contributed by atoms with E-state index in [9.17, 15) is 4.79 Å². The van der Waals surface area contributed by atoms with Gasteiger partial charge in [-0.05, 0) is 35.6 Å². The third kappa shape index (κ3) is 3.56. The van der Waals surface area contributed by atoms with Gasteiger partial charge in [-0.2, -0.15) is 0 Å². The van der Waals surface area contributed by atoms with Crippen LogP contribution in [0.4, 0.5) is 0 Å². The maximum atomic E-state index is 11.6. The first-order valence-electron chi connectivity index (χ1n) is 5.89. The standard InChI is InChI=1S/C14H15ClN2OS/c1-9-4-5-10(7-12(9)15)13(14(16)18)17-8-11-3-2-6-19-11/h2-7,13,17H,8H2,1H3,(H2,16,18). The molecule has 2 aromatic rings. The summed E-state index contributed by atoms with van der Waals surface area (Å²) in [7, 11) is 0. The van der Waals surface area contributed by atoms with Crippen molar-refractivity contribution in [2.24, 2.45) is 5.73 Å². The molecule has 1 aromatic carbocycles. The van der Waals surface area contributed by atoms with E-state index >= 15 is 0 Å². The van der Waals surface area contributed by atoms with E-state index in [1.54, 1.807) is 17.4 Å². The van der Waals surface area contributed by atoms with E-state index in [1.807, 2.05) is 36.6 Å². The monoisotopic (exact) mass is 294 g/mol. The fourth-order valence-electron chi connectivity index (χ4n) is 1.79. The summed E-state index contributed by atoms with van der Waals surface area (Å²) in [5.74, 6) is -0.406. The SMILES string of the molecule is Cc1ccc(C(NCc2cccs2)C(N)=O)cc1Cl. The van der Waals surface area contributed by atoms with Gasteiger partial charge in [-0.15, -0.1) is 11.3 Å². The normalized spacial score (nSPS) is 12.3. The number of carbonyl (C=O) groups excluding carboxylic acids is 1. The lowest BCUT2D eigenvalue weighted by atomic mass is 10.0. The van der Waals surface area contributed by atoms with E-state index in [0.717, 1.165) is 16.0 Å². The number of carbonyl (C=O) groups is 1. The molecule has 1 unspecified atom stereocenters. The Morgan fingerprint density at radius 3 is 2.84 bits per heavy atom. The second-order valence-electron chi connectivity index (χ2n) is 4.30. The highest BCUT2D eigenvalue weighted by atomic mass is 35.5. The summed E-state index contributed by atoms with van der Waals surface area (Å²) in [5.41, 5.74) is 7.23. The molecule has 3 N–H and O–H groups in total. The molecule has 0 fully saturated rings. The molecular formula is C14H15ClN2OS. The van der Waals surface area contributed by atoms with Crippen molar-refractivity contribution in [3.05, 3.63) is 56.7 Å². The van der Waals surface area contributed by atoms with Crippen molar-refractivity contribution in [2.75, 3.05) is 0 Å². The third-order valence-electron chi connectivity index (χ3n) is 2.87. The van der Waals surface area contributed by atoms with E-state index < -0.39 is 11.9 Å². The Kier molecular flexibility index (Phi) is 4.58. The molecule has 1 aromatic heterocycles. The summed E-state index contributed by atoms with van der Waals surface area (Å²) in [5, 5.41) is 5.80. The molecule has 1 heterocycles. The largest absolute Gasteiger partial charge is 0.368 e. The minimum Gasteiger partial charge on any atom is -0.368 e. The van der Waals surface area contributed by atoms with Crippen molar-refractivity contribution in [3.63, 3.8) is 0 Å². The van der Waals surface area contributed by atoms with Crippen LogP contribution in [-0.4, -0.2) is 5.91 Å². The average molecular weight is 295 g/mol. The fraction of sp³-hybridized carbons (Fsp3) is 0.214. The van der Waals surface area contributed by atoms with Gasteiger partial charge in [0.25, 0.3) is 0 Å². The molecule has 19 heavy (non-hydrogen) atoms. The van der Waals surface area contributed by atoms with Gasteiger partial charge >= 0.3 is 0 Å². The number of aryl methyl sites for hydroxylation is 1. The Balaban J connectivity index is 2.15. The quantitative estimate of drug-likeness (QED) is 0.890. The Hall–Kier alpha value is -1.36. The highest BCUT2D eigenvalue weighted by Crippen LogP contribution is 2.22. The van der Waals surface area contributed by atoms with Gasteiger partial charge in [-0.1, -0.05) is 29.8 Å². The molecule has 2 rings (SSSR count). The molecule has 0 aliphatic heterocycles. The van der Waals surface area contributed by atoms with Crippen molar-refractivity contribution in [1.29, 1.82) is 0 Å². The van der Waals surface area contributed by atoms with Crippen LogP contribution in [0.3, 0.4) is 0 Å². The molecule has 100 valence electrons. The number of amides is 1. The van der Waals surface area contributed by atoms with Gasteiger partial charge < -0.3 is 5.73 Å². The lowest BCUT2D eigenvalue weighted by Gasteiger charge is -2.16. The van der Waals surface area contributed by atoms with Gasteiger partial charge in [-0.25, -0.2) is 0 Å². The van der Waals surface area contributed by atoms with Crippen molar-refractivity contribution in [1.82, 2.24) is 5.32 Å². The topological polar surface area (TPSA) is 55.1 Å². The molecule has 3 nitrogen and oxygen atoms in total. The molecule has 0 aliphatic rings. The Morgan fingerprint density at radius 1 is 1.47 bits per heavy atom. The van der Waals surface area contributed by atoms with Crippen molar-refractivity contribution < 1.29 is 4.79 Å². The molecule has 0 radical (unpaired) electrons. The summed E-state index contributed by atoms with van der Waals surface area (Å²) < 4.78 is 0. The number of rotatable bonds is 5. The molecule has 1 atom stereocenters. The van der Waals surface area contributed by atoms with Crippen LogP contribution in [0, 0.1) is 6.92 Å². The van der Waals surface area contributed by atoms with Crippen molar-refractivity contribution in [2.45, 2.75) is 19.5 Å². The number of benzene rings is 1. The van der Waals surface area contributed by atoms with Crippen LogP contribution in [0.1, 0.15) is 22.0 Å². The zero-order valence-electron chi connectivity index (χ0n) is 10.5. The Morgan fingerprint density at radius 2 is 2.26 bits per heavy atom. The first kappa shape index (κ1) is 14.1. The smallest absolute Gasteiger partial charge is 0.239 e. The molecule has 0 saturated carbocycles. The molecule has 0 bridgehead atoms. The van der Waals surface area contributed by atoms with Crippen LogP contribution in [0.5, 0.6) is 0 Å². The van der Waals surface area contributed by atoms with Gasteiger partial charge in [0.2, 0.25) is 5.91 Å². The van der Waals surface area contributed by atoms with Gasteiger partial charge in [0, 0.05) is 16.4 Å². The molecule has 0 saturated heterocycles. The highest BCUT2D eigenvalue weighted by Gasteiger charge is 2.18. The van der Waals surface area contributed by atoms with Gasteiger partial charge in [0.1, 0.15) is 6.04 Å². The van der Waals surface area contributed by atoms with Gasteiger partial charge in [-0.3, -0.25) is 10.1 Å². The summed E-state index contributed by atoms with van der Waals surface area (Å²) in [6.45, 7) is 2.53. The molecule has 1 amide bonds. The number of hydrogen-bond acceptors (Lipinski definition) is 3. The van der Waals surface area contributed by atoms with Crippen molar-refractivity contribution in [3.8, 4) is 0 Å². The van der Waals surface area contributed by atoms with Crippen LogP contribution in [0.15, 0.2) is 35.7 Å². The van der Waals surface area contributed by atoms with Crippen molar-refractivity contribution >= 4 is 28.8 Å². The third-order valence-corrected chi connectivity index (χ3v) is 4.16. The Bertz CT molecular complexity index is 569. The number of primary amides is 1.